The summed E-state index contributed by atoms with van der Waals surface area (Å²) in [6, 6.07) is 14.2. The van der Waals surface area contributed by atoms with Crippen LogP contribution in [0.1, 0.15) is 117 Å². The zero-order valence-electron chi connectivity index (χ0n) is 24.3. The van der Waals surface area contributed by atoms with Crippen LogP contribution in [0.2, 0.25) is 0 Å². The molecule has 4 rings (SSSR count). The largest absolute Gasteiger partial charge is 0.385 e. The lowest BCUT2D eigenvalue weighted by molar-refractivity contribution is -0.124. The summed E-state index contributed by atoms with van der Waals surface area (Å²) in [5, 5.41) is 0. The summed E-state index contributed by atoms with van der Waals surface area (Å²) >= 11 is 0. The highest BCUT2D eigenvalue weighted by Gasteiger charge is 2.40. The maximum absolute atomic E-state index is 13.5. The quantitative estimate of drug-likeness (QED) is 0.264. The minimum atomic E-state index is -0.648. The molecule has 0 bridgehead atoms. The third-order valence-electron chi connectivity index (χ3n) is 9.24. The molecule has 0 spiro atoms. The Labute approximate surface area is 234 Å². The third-order valence-corrected chi connectivity index (χ3v) is 9.24. The molecule has 0 radical (unpaired) electrons. The van der Waals surface area contributed by atoms with Crippen LogP contribution in [-0.2, 0) is 27.2 Å². The third kappa shape index (κ3) is 7.33. The van der Waals surface area contributed by atoms with E-state index in [4.69, 9.17) is 4.74 Å². The molecule has 4 nitrogen and oxygen atoms in total. The van der Waals surface area contributed by atoms with Crippen molar-refractivity contribution in [3.05, 3.63) is 70.3 Å². The van der Waals surface area contributed by atoms with E-state index >= 15 is 0 Å². The van der Waals surface area contributed by atoms with Crippen LogP contribution < -0.4 is 0 Å². The molecule has 0 N–H and O–H groups in total. The maximum Gasteiger partial charge on any atom is 0.173 e. The number of fused-ring (bicyclic) bond motifs is 1. The Hall–Kier alpha value is -2.59. The van der Waals surface area contributed by atoms with Crippen molar-refractivity contribution < 1.29 is 19.1 Å². The number of methoxy groups -OCH3 is 1. The van der Waals surface area contributed by atoms with Gasteiger partial charge in [-0.2, -0.15) is 0 Å². The van der Waals surface area contributed by atoms with Gasteiger partial charge in [0.05, 0.1) is 5.92 Å². The fraction of sp³-hybridized carbons (Fsp3) is 0.571. The van der Waals surface area contributed by atoms with Gasteiger partial charge in [0.2, 0.25) is 0 Å². The van der Waals surface area contributed by atoms with E-state index < -0.39 is 5.92 Å². The highest BCUT2D eigenvalue weighted by atomic mass is 16.5. The number of carbonyl (C=O) groups is 3. The molecule has 2 aliphatic rings. The number of ether oxygens (including phenoxy) is 1. The number of hydrogen-bond donors (Lipinski definition) is 0. The molecule has 1 saturated carbocycles. The van der Waals surface area contributed by atoms with Gasteiger partial charge in [-0.25, -0.2) is 0 Å². The van der Waals surface area contributed by atoms with Gasteiger partial charge in [0.25, 0.3) is 0 Å². The molecule has 0 aromatic heterocycles. The van der Waals surface area contributed by atoms with E-state index in [1.54, 1.807) is 7.11 Å². The second kappa shape index (κ2) is 13.7. The van der Waals surface area contributed by atoms with Gasteiger partial charge in [-0.05, 0) is 65.3 Å². The topological polar surface area (TPSA) is 60.4 Å². The average molecular weight is 531 g/mol. The number of carbonyl (C=O) groups excluding carboxylic acids is 3. The average Bonchev–Trinajstić information content (AvgIpc) is 2.93. The van der Waals surface area contributed by atoms with E-state index in [0.717, 1.165) is 29.5 Å². The van der Waals surface area contributed by atoms with Crippen molar-refractivity contribution in [3.8, 4) is 0 Å². The SMILES string of the molecule is COCCC1C(=O)c2cc(CC(=O)Cc3cccc(C(C)C(C)C)c3)ccc2C(CCC2CCCCC2)C1=O. The van der Waals surface area contributed by atoms with Crippen molar-refractivity contribution in [2.45, 2.75) is 96.8 Å². The zero-order chi connectivity index (χ0) is 27.9. The van der Waals surface area contributed by atoms with Crippen molar-refractivity contribution in [1.29, 1.82) is 0 Å². The van der Waals surface area contributed by atoms with Crippen LogP contribution >= 0.6 is 0 Å². The Morgan fingerprint density at radius 1 is 0.872 bits per heavy atom. The standard InChI is InChI=1S/C35H46O4/c1-23(2)24(3)28-12-8-11-26(19-28)20-29(36)21-27-14-15-30-31(16-13-25-9-6-5-7-10-25)34(37)32(17-18-39-4)35(38)33(30)22-27/h8,11-12,14-15,19,22-25,31-32H,5-7,9-10,13,16-18,20-21H2,1-4H3. The first-order valence-corrected chi connectivity index (χ1v) is 15.1. The fourth-order valence-electron chi connectivity index (χ4n) is 6.52. The fourth-order valence-corrected chi connectivity index (χ4v) is 6.52. The van der Waals surface area contributed by atoms with E-state index in [-0.39, 0.29) is 29.7 Å². The summed E-state index contributed by atoms with van der Waals surface area (Å²) in [5.41, 5.74) is 4.65. The van der Waals surface area contributed by atoms with Crippen LogP contribution in [0.3, 0.4) is 0 Å². The van der Waals surface area contributed by atoms with Gasteiger partial charge in [-0.3, -0.25) is 14.4 Å². The van der Waals surface area contributed by atoms with Crippen molar-refractivity contribution >= 4 is 17.3 Å². The Morgan fingerprint density at radius 2 is 1.59 bits per heavy atom. The molecule has 3 unspecified atom stereocenters. The molecular formula is C35H46O4. The van der Waals surface area contributed by atoms with Gasteiger partial charge >= 0.3 is 0 Å². The molecule has 4 heteroatoms. The highest BCUT2D eigenvalue weighted by molar-refractivity contribution is 6.17. The molecule has 0 heterocycles. The van der Waals surface area contributed by atoms with Crippen molar-refractivity contribution in [3.63, 3.8) is 0 Å². The second-order valence-corrected chi connectivity index (χ2v) is 12.3. The summed E-state index contributed by atoms with van der Waals surface area (Å²) in [4.78, 5) is 40.1. The Bertz CT molecular complexity index is 1160. The summed E-state index contributed by atoms with van der Waals surface area (Å²) in [6.07, 6.45) is 9.31. The molecule has 3 atom stereocenters. The highest BCUT2D eigenvalue weighted by Crippen LogP contribution is 2.39. The van der Waals surface area contributed by atoms with Gasteiger partial charge in [0, 0.05) is 38.0 Å². The number of benzene rings is 2. The predicted octanol–water partition coefficient (Wildman–Crippen LogP) is 7.66. The van der Waals surface area contributed by atoms with E-state index in [9.17, 15) is 14.4 Å². The van der Waals surface area contributed by atoms with E-state index in [0.29, 0.717) is 42.8 Å². The molecule has 1 fully saturated rings. The Morgan fingerprint density at radius 3 is 2.28 bits per heavy atom. The molecule has 210 valence electrons. The lowest BCUT2D eigenvalue weighted by Gasteiger charge is -2.31. The zero-order valence-corrected chi connectivity index (χ0v) is 24.3. The summed E-state index contributed by atoms with van der Waals surface area (Å²) < 4.78 is 5.24. The minimum absolute atomic E-state index is 0.0553. The van der Waals surface area contributed by atoms with Crippen LogP contribution in [0.5, 0.6) is 0 Å². The monoisotopic (exact) mass is 530 g/mol. The molecule has 2 aromatic rings. The molecule has 2 aliphatic carbocycles. The molecule has 0 aliphatic heterocycles. The van der Waals surface area contributed by atoms with Crippen molar-refractivity contribution in [1.82, 2.24) is 0 Å². The molecular weight excluding hydrogens is 484 g/mol. The lowest BCUT2D eigenvalue weighted by atomic mass is 9.70. The van der Waals surface area contributed by atoms with E-state index in [1.807, 2.05) is 30.3 Å². The molecule has 0 amide bonds. The van der Waals surface area contributed by atoms with Crippen LogP contribution in [0.25, 0.3) is 0 Å². The van der Waals surface area contributed by atoms with Gasteiger partial charge in [0.1, 0.15) is 5.78 Å². The molecule has 39 heavy (non-hydrogen) atoms. The minimum Gasteiger partial charge on any atom is -0.385 e. The number of rotatable bonds is 12. The van der Waals surface area contributed by atoms with Gasteiger partial charge in [-0.1, -0.05) is 89.3 Å². The normalized spacial score (nSPS) is 20.7. The Kier molecular flexibility index (Phi) is 10.3. The summed E-state index contributed by atoms with van der Waals surface area (Å²) in [7, 11) is 1.61. The molecule has 0 saturated heterocycles. The molecule has 2 aromatic carbocycles. The van der Waals surface area contributed by atoms with Crippen LogP contribution in [-0.4, -0.2) is 31.1 Å². The van der Waals surface area contributed by atoms with E-state index in [2.05, 4.69) is 32.9 Å². The van der Waals surface area contributed by atoms with Crippen LogP contribution in [0.4, 0.5) is 0 Å². The smallest absolute Gasteiger partial charge is 0.173 e. The van der Waals surface area contributed by atoms with Gasteiger partial charge in [-0.15, -0.1) is 0 Å². The lowest BCUT2D eigenvalue weighted by Crippen LogP contribution is -2.36. The first kappa shape index (κ1) is 29.4. The van der Waals surface area contributed by atoms with Crippen LogP contribution in [0, 0.1) is 17.8 Å². The predicted molar refractivity (Wildman–Crippen MR) is 156 cm³/mol. The van der Waals surface area contributed by atoms with Crippen molar-refractivity contribution in [2.24, 2.45) is 17.8 Å². The maximum atomic E-state index is 13.5. The van der Waals surface area contributed by atoms with Crippen LogP contribution in [0.15, 0.2) is 42.5 Å². The van der Waals surface area contributed by atoms with E-state index in [1.165, 1.54) is 37.7 Å². The first-order valence-electron chi connectivity index (χ1n) is 15.1. The number of Topliss-reactive ketones (excluding diaryl/α,β-unsaturated/α-hetero) is 3. The second-order valence-electron chi connectivity index (χ2n) is 12.3. The van der Waals surface area contributed by atoms with Crippen molar-refractivity contribution in [2.75, 3.05) is 13.7 Å². The number of ketones is 3. The Balaban J connectivity index is 1.51. The van der Waals surface area contributed by atoms with Gasteiger partial charge < -0.3 is 4.74 Å². The van der Waals surface area contributed by atoms with Gasteiger partial charge in [0.15, 0.2) is 11.6 Å². The summed E-state index contributed by atoms with van der Waals surface area (Å²) in [6.45, 7) is 7.05. The first-order chi connectivity index (χ1) is 18.8. The summed E-state index contributed by atoms with van der Waals surface area (Å²) in [5.74, 6) is 0.853. The number of hydrogen-bond acceptors (Lipinski definition) is 4.